The number of imidazole rings is 1. The van der Waals surface area contributed by atoms with Gasteiger partial charge in [0.05, 0.1) is 17.1 Å². The number of alkyl carbamates (subject to hydrolysis) is 1. The molecule has 0 bridgehead atoms. The van der Waals surface area contributed by atoms with Gasteiger partial charge in [0.2, 0.25) is 11.7 Å². The lowest BCUT2D eigenvalue weighted by molar-refractivity contribution is -0.133. The third-order valence-electron chi connectivity index (χ3n) is 8.01. The zero-order valence-electron chi connectivity index (χ0n) is 22.8. The lowest BCUT2D eigenvalue weighted by Gasteiger charge is -2.28. The van der Waals surface area contributed by atoms with Crippen LogP contribution in [-0.2, 0) is 9.53 Å². The summed E-state index contributed by atoms with van der Waals surface area (Å²) in [4.78, 5) is 49.4. The summed E-state index contributed by atoms with van der Waals surface area (Å²) in [5, 5.41) is 2.82. The van der Waals surface area contributed by atoms with Crippen molar-refractivity contribution in [2.45, 2.75) is 37.3 Å². The maximum Gasteiger partial charge on any atom is 0.407 e. The Morgan fingerprint density at radius 2 is 1.71 bits per heavy atom. The second kappa shape index (κ2) is 11.8. The van der Waals surface area contributed by atoms with E-state index in [1.165, 1.54) is 0 Å². The Labute approximate surface area is 242 Å². The monoisotopic (exact) mass is 568 g/mol. The molecule has 2 atom stereocenters. The smallest absolute Gasteiger partial charge is 0.407 e. The summed E-state index contributed by atoms with van der Waals surface area (Å²) >= 11 is 1.60. The van der Waals surface area contributed by atoms with E-state index in [1.54, 1.807) is 16.7 Å². The predicted molar refractivity (Wildman–Crippen MR) is 160 cm³/mol. The van der Waals surface area contributed by atoms with Gasteiger partial charge in [0.1, 0.15) is 12.6 Å². The summed E-state index contributed by atoms with van der Waals surface area (Å²) in [6.45, 7) is 0.623. The molecular weight excluding hydrogens is 536 g/mol. The molecule has 1 aliphatic heterocycles. The van der Waals surface area contributed by atoms with Crippen LogP contribution in [0.3, 0.4) is 0 Å². The fourth-order valence-electron chi connectivity index (χ4n) is 6.01. The van der Waals surface area contributed by atoms with Crippen LogP contribution in [0, 0.1) is 0 Å². The number of ether oxygens (including phenoxy) is 1. The highest BCUT2D eigenvalue weighted by atomic mass is 32.2. The largest absolute Gasteiger partial charge is 0.449 e. The Kier molecular flexibility index (Phi) is 7.78. The number of hydrogen-bond acceptors (Lipinski definition) is 6. The van der Waals surface area contributed by atoms with Gasteiger partial charge in [0.25, 0.3) is 0 Å². The van der Waals surface area contributed by atoms with E-state index in [2.05, 4.69) is 39.6 Å². The number of rotatable bonds is 9. The minimum Gasteiger partial charge on any atom is -0.449 e. The van der Waals surface area contributed by atoms with Gasteiger partial charge in [-0.2, -0.15) is 11.8 Å². The van der Waals surface area contributed by atoms with Crippen molar-refractivity contribution in [3.8, 4) is 11.1 Å². The zero-order valence-corrected chi connectivity index (χ0v) is 23.7. The van der Waals surface area contributed by atoms with Crippen molar-refractivity contribution in [2.75, 3.05) is 25.2 Å². The van der Waals surface area contributed by atoms with Crippen molar-refractivity contribution >= 4 is 40.6 Å². The number of para-hydroxylation sites is 2. The maximum absolute atomic E-state index is 13.8. The number of nitrogens with zero attached hydrogens (tertiary/aromatic N) is 2. The molecule has 2 N–H and O–H groups in total. The summed E-state index contributed by atoms with van der Waals surface area (Å²) in [5.74, 6) is 0.381. The molecule has 6 rings (SSSR count). The molecule has 0 unspecified atom stereocenters. The van der Waals surface area contributed by atoms with Gasteiger partial charge in [0.15, 0.2) is 5.82 Å². The predicted octanol–water partition coefficient (Wildman–Crippen LogP) is 5.40. The van der Waals surface area contributed by atoms with Gasteiger partial charge in [-0.1, -0.05) is 60.7 Å². The topological polar surface area (TPSA) is 104 Å². The van der Waals surface area contributed by atoms with Crippen molar-refractivity contribution in [3.63, 3.8) is 0 Å². The number of likely N-dealkylation sites (tertiary alicyclic amines) is 1. The molecule has 9 heteroatoms. The van der Waals surface area contributed by atoms with Crippen LogP contribution in [0.4, 0.5) is 4.79 Å². The highest BCUT2D eigenvalue weighted by molar-refractivity contribution is 7.98. The first-order chi connectivity index (χ1) is 20.0. The third kappa shape index (κ3) is 5.34. The molecule has 1 fully saturated rings. The first-order valence-corrected chi connectivity index (χ1v) is 15.3. The van der Waals surface area contributed by atoms with Crippen LogP contribution >= 0.6 is 11.8 Å². The number of H-pyrrole nitrogens is 1. The second-order valence-corrected chi connectivity index (χ2v) is 11.4. The average Bonchev–Trinajstić information content (AvgIpc) is 3.73. The number of thioether (sulfide) groups is 1. The first kappa shape index (κ1) is 27.1. The number of aromatic nitrogens is 2. The molecular formula is C32H32N4O4S. The van der Waals surface area contributed by atoms with E-state index in [0.717, 1.165) is 27.8 Å². The number of carbonyl (C=O) groups is 3. The Morgan fingerprint density at radius 3 is 2.41 bits per heavy atom. The molecule has 4 aromatic rings. The minimum absolute atomic E-state index is 0.0714. The first-order valence-electron chi connectivity index (χ1n) is 13.9. The zero-order chi connectivity index (χ0) is 28.3. The van der Waals surface area contributed by atoms with Crippen LogP contribution in [0.25, 0.3) is 22.2 Å². The van der Waals surface area contributed by atoms with Gasteiger partial charge in [-0.3, -0.25) is 9.59 Å². The van der Waals surface area contributed by atoms with Crippen LogP contribution in [0.2, 0.25) is 0 Å². The van der Waals surface area contributed by atoms with E-state index in [0.29, 0.717) is 37.1 Å². The van der Waals surface area contributed by atoms with Gasteiger partial charge in [0, 0.05) is 12.5 Å². The molecule has 1 aliphatic carbocycles. The lowest BCUT2D eigenvalue weighted by atomic mass is 9.98. The van der Waals surface area contributed by atoms with E-state index < -0.39 is 18.2 Å². The molecule has 2 heterocycles. The Balaban J connectivity index is 1.14. The van der Waals surface area contributed by atoms with Crippen LogP contribution in [0.1, 0.15) is 46.9 Å². The summed E-state index contributed by atoms with van der Waals surface area (Å²) in [6.07, 6.45) is 3.03. The Bertz CT molecular complexity index is 1520. The number of nitrogens with one attached hydrogen (secondary N) is 2. The van der Waals surface area contributed by atoms with Crippen molar-refractivity contribution in [1.29, 1.82) is 0 Å². The molecule has 41 heavy (non-hydrogen) atoms. The number of aromatic amines is 1. The van der Waals surface area contributed by atoms with Crippen LogP contribution < -0.4 is 5.32 Å². The van der Waals surface area contributed by atoms with E-state index >= 15 is 0 Å². The summed E-state index contributed by atoms with van der Waals surface area (Å²) < 4.78 is 5.73. The quantitative estimate of drug-likeness (QED) is 0.262. The highest BCUT2D eigenvalue weighted by Gasteiger charge is 2.39. The van der Waals surface area contributed by atoms with Crippen molar-refractivity contribution in [1.82, 2.24) is 20.2 Å². The van der Waals surface area contributed by atoms with Crippen LogP contribution in [-0.4, -0.2) is 69.9 Å². The standard InChI is InChI=1S/C32H32N4O4S/c1-41-18-16-27(31(38)36-17-8-15-28(36)29(37)30-33-25-13-6-7-14-26(25)34-30)35-32(39)40-19-24-22-11-4-2-9-20(22)21-10-3-5-12-23(21)24/h2-7,9-14,24,27-28H,8,15-19H2,1H3,(H,33,34)(H,35,39)/t27-,28-/m0/s1. The fourth-order valence-corrected chi connectivity index (χ4v) is 6.48. The van der Waals surface area contributed by atoms with E-state index in [1.807, 2.05) is 54.8 Å². The molecule has 0 saturated carbocycles. The van der Waals surface area contributed by atoms with Crippen molar-refractivity contribution in [3.05, 3.63) is 89.7 Å². The van der Waals surface area contributed by atoms with Gasteiger partial charge in [-0.15, -0.1) is 0 Å². The molecule has 1 saturated heterocycles. The molecule has 3 aromatic carbocycles. The Morgan fingerprint density at radius 1 is 1.02 bits per heavy atom. The molecule has 1 aromatic heterocycles. The summed E-state index contributed by atoms with van der Waals surface area (Å²) in [5.41, 5.74) is 6.04. The van der Waals surface area contributed by atoms with Gasteiger partial charge < -0.3 is 19.9 Å². The molecule has 2 aliphatic rings. The number of benzene rings is 3. The number of amides is 2. The number of fused-ring (bicyclic) bond motifs is 4. The number of Topliss-reactive ketones (excluding diaryl/α,β-unsaturated/α-hetero) is 1. The second-order valence-electron chi connectivity index (χ2n) is 10.5. The lowest BCUT2D eigenvalue weighted by Crippen LogP contribution is -2.52. The molecule has 2 amide bonds. The van der Waals surface area contributed by atoms with Crippen molar-refractivity contribution in [2.24, 2.45) is 0 Å². The highest BCUT2D eigenvalue weighted by Crippen LogP contribution is 2.44. The average molecular weight is 569 g/mol. The molecule has 0 radical (unpaired) electrons. The van der Waals surface area contributed by atoms with Gasteiger partial charge in [-0.05, 0) is 65.7 Å². The molecule has 0 spiro atoms. The number of carbonyl (C=O) groups excluding carboxylic acids is 3. The SMILES string of the molecule is CSCC[C@H](NC(=O)OCC1c2ccccc2-c2ccccc21)C(=O)N1CCC[C@H]1C(=O)c1nc2ccccc2[nH]1. The van der Waals surface area contributed by atoms with Gasteiger partial charge >= 0.3 is 6.09 Å². The van der Waals surface area contributed by atoms with E-state index in [4.69, 9.17) is 4.74 Å². The maximum atomic E-state index is 13.8. The summed E-state index contributed by atoms with van der Waals surface area (Å²) in [6, 6.07) is 22.4. The number of ketones is 1. The van der Waals surface area contributed by atoms with E-state index in [9.17, 15) is 14.4 Å². The fraction of sp³-hybridized carbons (Fsp3) is 0.312. The Hall–Kier alpha value is -4.11. The summed E-state index contributed by atoms with van der Waals surface area (Å²) in [7, 11) is 0. The normalized spacial score (nSPS) is 16.8. The molecule has 210 valence electrons. The van der Waals surface area contributed by atoms with Crippen molar-refractivity contribution < 1.29 is 19.1 Å². The van der Waals surface area contributed by atoms with Crippen LogP contribution in [0.15, 0.2) is 72.8 Å². The van der Waals surface area contributed by atoms with E-state index in [-0.39, 0.29) is 30.0 Å². The van der Waals surface area contributed by atoms with Crippen LogP contribution in [0.5, 0.6) is 0 Å². The minimum atomic E-state index is -0.790. The third-order valence-corrected chi connectivity index (χ3v) is 8.65. The molecule has 8 nitrogen and oxygen atoms in total. The number of hydrogen-bond donors (Lipinski definition) is 2. The van der Waals surface area contributed by atoms with Gasteiger partial charge in [-0.25, -0.2) is 9.78 Å².